The van der Waals surface area contributed by atoms with Gasteiger partial charge in [0.1, 0.15) is 0 Å². The standard InChI is InChI=1S/C14H19N3O/c1-11(2)15-10-6-9-13-16-17-14(18-13)12-7-4-3-5-8-12/h3-5,7-8,11,15H,6,9-10H2,1-2H3. The first kappa shape index (κ1) is 12.8. The molecule has 0 atom stereocenters. The Labute approximate surface area is 107 Å². The second-order valence-corrected chi connectivity index (χ2v) is 4.58. The lowest BCUT2D eigenvalue weighted by Crippen LogP contribution is -2.23. The van der Waals surface area contributed by atoms with Crippen molar-refractivity contribution in [3.8, 4) is 11.5 Å². The van der Waals surface area contributed by atoms with Gasteiger partial charge in [-0.1, -0.05) is 32.0 Å². The quantitative estimate of drug-likeness (QED) is 0.795. The lowest BCUT2D eigenvalue weighted by molar-refractivity contribution is 0.484. The highest BCUT2D eigenvalue weighted by Crippen LogP contribution is 2.17. The van der Waals surface area contributed by atoms with Gasteiger partial charge in [-0.15, -0.1) is 10.2 Å². The van der Waals surface area contributed by atoms with E-state index in [0.717, 1.165) is 24.9 Å². The molecule has 0 unspecified atom stereocenters. The van der Waals surface area contributed by atoms with Crippen molar-refractivity contribution in [3.63, 3.8) is 0 Å². The molecular formula is C14H19N3O. The van der Waals surface area contributed by atoms with Crippen molar-refractivity contribution in [2.45, 2.75) is 32.7 Å². The third-order valence-electron chi connectivity index (χ3n) is 2.61. The molecule has 1 aromatic heterocycles. The number of nitrogens with zero attached hydrogens (tertiary/aromatic N) is 2. The molecule has 0 saturated heterocycles. The van der Waals surface area contributed by atoms with Crippen molar-refractivity contribution in [2.75, 3.05) is 6.54 Å². The van der Waals surface area contributed by atoms with Gasteiger partial charge in [0, 0.05) is 18.0 Å². The van der Waals surface area contributed by atoms with Crippen LogP contribution in [0.1, 0.15) is 26.2 Å². The SMILES string of the molecule is CC(C)NCCCc1nnc(-c2ccccc2)o1. The van der Waals surface area contributed by atoms with Crippen molar-refractivity contribution in [1.29, 1.82) is 0 Å². The van der Waals surface area contributed by atoms with Gasteiger partial charge < -0.3 is 9.73 Å². The Morgan fingerprint density at radius 1 is 1.17 bits per heavy atom. The molecule has 4 nitrogen and oxygen atoms in total. The number of benzene rings is 1. The zero-order valence-electron chi connectivity index (χ0n) is 10.9. The van der Waals surface area contributed by atoms with Crippen LogP contribution in [0.4, 0.5) is 0 Å². The van der Waals surface area contributed by atoms with Crippen molar-refractivity contribution in [3.05, 3.63) is 36.2 Å². The van der Waals surface area contributed by atoms with Crippen molar-refractivity contribution >= 4 is 0 Å². The Morgan fingerprint density at radius 3 is 2.67 bits per heavy atom. The molecule has 0 aliphatic carbocycles. The van der Waals surface area contributed by atoms with Crippen LogP contribution in [-0.2, 0) is 6.42 Å². The van der Waals surface area contributed by atoms with Gasteiger partial charge in [-0.05, 0) is 25.1 Å². The molecule has 2 rings (SSSR count). The summed E-state index contributed by atoms with van der Waals surface area (Å²) in [5.41, 5.74) is 0.969. The second-order valence-electron chi connectivity index (χ2n) is 4.58. The van der Waals surface area contributed by atoms with E-state index in [1.807, 2.05) is 30.3 Å². The summed E-state index contributed by atoms with van der Waals surface area (Å²) < 4.78 is 5.63. The van der Waals surface area contributed by atoms with Crippen LogP contribution in [0.2, 0.25) is 0 Å². The average Bonchev–Trinajstić information content (AvgIpc) is 2.84. The van der Waals surface area contributed by atoms with Crippen LogP contribution in [0.3, 0.4) is 0 Å². The van der Waals surface area contributed by atoms with Crippen molar-refractivity contribution in [2.24, 2.45) is 0 Å². The van der Waals surface area contributed by atoms with E-state index < -0.39 is 0 Å². The highest BCUT2D eigenvalue weighted by atomic mass is 16.4. The van der Waals surface area contributed by atoms with Crippen LogP contribution in [0.5, 0.6) is 0 Å². The van der Waals surface area contributed by atoms with Crippen LogP contribution in [0.15, 0.2) is 34.7 Å². The van der Waals surface area contributed by atoms with Crippen LogP contribution in [0, 0.1) is 0 Å². The molecule has 1 N–H and O–H groups in total. The lowest BCUT2D eigenvalue weighted by atomic mass is 10.2. The van der Waals surface area contributed by atoms with E-state index in [-0.39, 0.29) is 0 Å². The first-order valence-electron chi connectivity index (χ1n) is 6.37. The summed E-state index contributed by atoms with van der Waals surface area (Å²) in [7, 11) is 0. The molecule has 1 aromatic carbocycles. The Bertz CT molecular complexity index is 465. The third-order valence-corrected chi connectivity index (χ3v) is 2.61. The monoisotopic (exact) mass is 245 g/mol. The van der Waals surface area contributed by atoms with Gasteiger partial charge in [-0.25, -0.2) is 0 Å². The number of hydrogen-bond acceptors (Lipinski definition) is 4. The highest BCUT2D eigenvalue weighted by molar-refractivity contribution is 5.51. The van der Waals surface area contributed by atoms with E-state index in [2.05, 4.69) is 29.4 Å². The van der Waals surface area contributed by atoms with E-state index >= 15 is 0 Å². The van der Waals surface area contributed by atoms with Crippen LogP contribution in [0.25, 0.3) is 11.5 Å². The van der Waals surface area contributed by atoms with E-state index in [0.29, 0.717) is 17.8 Å². The minimum Gasteiger partial charge on any atom is -0.421 e. The predicted octanol–water partition coefficient (Wildman–Crippen LogP) is 2.67. The first-order valence-corrected chi connectivity index (χ1v) is 6.37. The minimum absolute atomic E-state index is 0.521. The van der Waals surface area contributed by atoms with Gasteiger partial charge in [-0.2, -0.15) is 0 Å². The zero-order chi connectivity index (χ0) is 12.8. The smallest absolute Gasteiger partial charge is 0.247 e. The van der Waals surface area contributed by atoms with E-state index in [1.54, 1.807) is 0 Å². The summed E-state index contributed by atoms with van der Waals surface area (Å²) in [5.74, 6) is 1.31. The summed E-state index contributed by atoms with van der Waals surface area (Å²) in [4.78, 5) is 0. The lowest BCUT2D eigenvalue weighted by Gasteiger charge is -2.05. The van der Waals surface area contributed by atoms with Gasteiger partial charge in [0.05, 0.1) is 0 Å². The molecule has 0 spiro atoms. The normalized spacial score (nSPS) is 11.1. The maximum atomic E-state index is 5.63. The molecule has 0 bridgehead atoms. The number of aryl methyl sites for hydroxylation is 1. The molecule has 0 aliphatic heterocycles. The molecule has 4 heteroatoms. The molecule has 0 saturated carbocycles. The summed E-state index contributed by atoms with van der Waals surface area (Å²) in [6, 6.07) is 10.4. The van der Waals surface area contributed by atoms with Crippen LogP contribution in [-0.4, -0.2) is 22.8 Å². The largest absolute Gasteiger partial charge is 0.421 e. The fourth-order valence-electron chi connectivity index (χ4n) is 1.68. The van der Waals surface area contributed by atoms with Gasteiger partial charge in [0.2, 0.25) is 11.8 Å². The molecule has 0 amide bonds. The number of aromatic nitrogens is 2. The number of rotatable bonds is 6. The molecule has 96 valence electrons. The Hall–Kier alpha value is -1.68. The summed E-state index contributed by atoms with van der Waals surface area (Å²) in [5, 5.41) is 11.5. The number of hydrogen-bond donors (Lipinski definition) is 1. The van der Waals surface area contributed by atoms with E-state index in [4.69, 9.17) is 4.42 Å². The van der Waals surface area contributed by atoms with Gasteiger partial charge in [0.15, 0.2) is 0 Å². The molecule has 18 heavy (non-hydrogen) atoms. The van der Waals surface area contributed by atoms with Gasteiger partial charge >= 0.3 is 0 Å². The van der Waals surface area contributed by atoms with Crippen molar-refractivity contribution < 1.29 is 4.42 Å². The fraction of sp³-hybridized carbons (Fsp3) is 0.429. The van der Waals surface area contributed by atoms with E-state index in [9.17, 15) is 0 Å². The molecule has 1 heterocycles. The molecular weight excluding hydrogens is 226 g/mol. The highest BCUT2D eigenvalue weighted by Gasteiger charge is 2.07. The Balaban J connectivity index is 1.87. The maximum absolute atomic E-state index is 5.63. The molecule has 0 radical (unpaired) electrons. The molecule has 0 fully saturated rings. The predicted molar refractivity (Wildman–Crippen MR) is 71.2 cm³/mol. The second kappa shape index (κ2) is 6.31. The van der Waals surface area contributed by atoms with Crippen LogP contribution < -0.4 is 5.32 Å². The Kier molecular flexibility index (Phi) is 4.47. The topological polar surface area (TPSA) is 51.0 Å². The van der Waals surface area contributed by atoms with Gasteiger partial charge in [0.25, 0.3) is 0 Å². The van der Waals surface area contributed by atoms with Gasteiger partial charge in [-0.3, -0.25) is 0 Å². The molecule has 0 aliphatic rings. The summed E-state index contributed by atoms with van der Waals surface area (Å²) >= 11 is 0. The third kappa shape index (κ3) is 3.67. The first-order chi connectivity index (χ1) is 8.75. The summed E-state index contributed by atoms with van der Waals surface area (Å²) in [6.45, 7) is 5.25. The average molecular weight is 245 g/mol. The minimum atomic E-state index is 0.521. The fourth-order valence-corrected chi connectivity index (χ4v) is 1.68. The number of nitrogens with one attached hydrogen (secondary N) is 1. The summed E-state index contributed by atoms with van der Waals surface area (Å²) in [6.07, 6.45) is 1.83. The van der Waals surface area contributed by atoms with Crippen molar-refractivity contribution in [1.82, 2.24) is 15.5 Å². The van der Waals surface area contributed by atoms with Crippen LogP contribution >= 0.6 is 0 Å². The molecule has 2 aromatic rings. The van der Waals surface area contributed by atoms with E-state index in [1.165, 1.54) is 0 Å². The maximum Gasteiger partial charge on any atom is 0.247 e. The zero-order valence-corrected chi connectivity index (χ0v) is 10.9. The Morgan fingerprint density at radius 2 is 1.94 bits per heavy atom.